The lowest BCUT2D eigenvalue weighted by Gasteiger charge is -2.24. The molecule has 140 valence electrons. The molecule has 4 heteroatoms. The summed E-state index contributed by atoms with van der Waals surface area (Å²) in [6, 6.07) is -0.422. The normalized spacial score (nSPS) is 12.2. The maximum Gasteiger partial charge on any atom is 0.0661 e. The zero-order valence-electron chi connectivity index (χ0n) is 16.6. The largest absolute Gasteiger partial charge is 0.548 e. The third-order valence-electron chi connectivity index (χ3n) is 3.73. The van der Waals surface area contributed by atoms with Gasteiger partial charge in [-0.25, -0.2) is 0 Å². The SMILES string of the molecule is CCCCCCCCCCCCC(C(=O)[O-])N(C)C.C[NH+](C)C. The Morgan fingerprint density at radius 2 is 1.22 bits per heavy atom. The third kappa shape index (κ3) is 21.4. The van der Waals surface area contributed by atoms with E-state index < -0.39 is 12.0 Å². The molecule has 0 aliphatic rings. The summed E-state index contributed by atoms with van der Waals surface area (Å²) in [4.78, 5) is 14.0. The maximum atomic E-state index is 10.9. The number of hydrogen-bond donors (Lipinski definition) is 1. The Labute approximate surface area is 145 Å². The van der Waals surface area contributed by atoms with Crippen LogP contribution in [-0.2, 0) is 4.79 Å². The number of likely N-dealkylation sites (N-methyl/N-ethyl adjacent to an activating group) is 1. The number of nitrogens with zero attached hydrogens (tertiary/aromatic N) is 1. The molecule has 1 N–H and O–H groups in total. The van der Waals surface area contributed by atoms with Gasteiger partial charge in [0.1, 0.15) is 0 Å². The highest BCUT2D eigenvalue weighted by Crippen LogP contribution is 2.12. The van der Waals surface area contributed by atoms with Gasteiger partial charge in [-0.1, -0.05) is 71.1 Å². The van der Waals surface area contributed by atoms with Crippen LogP contribution >= 0.6 is 0 Å². The van der Waals surface area contributed by atoms with E-state index in [9.17, 15) is 9.90 Å². The van der Waals surface area contributed by atoms with Crippen LogP contribution in [0.4, 0.5) is 0 Å². The Morgan fingerprint density at radius 3 is 1.52 bits per heavy atom. The van der Waals surface area contributed by atoms with Gasteiger partial charge in [-0.05, 0) is 20.5 Å². The van der Waals surface area contributed by atoms with Gasteiger partial charge >= 0.3 is 0 Å². The van der Waals surface area contributed by atoms with Crippen molar-refractivity contribution in [3.8, 4) is 0 Å². The van der Waals surface area contributed by atoms with Gasteiger partial charge in [-0.2, -0.15) is 0 Å². The van der Waals surface area contributed by atoms with E-state index in [1.54, 1.807) is 19.0 Å². The first-order valence-corrected chi connectivity index (χ1v) is 9.46. The van der Waals surface area contributed by atoms with E-state index >= 15 is 0 Å². The summed E-state index contributed by atoms with van der Waals surface area (Å²) >= 11 is 0. The molecule has 0 aromatic carbocycles. The average molecular weight is 331 g/mol. The van der Waals surface area contributed by atoms with Crippen molar-refractivity contribution in [2.24, 2.45) is 0 Å². The molecule has 0 bridgehead atoms. The Balaban J connectivity index is 0. The molecule has 0 spiro atoms. The van der Waals surface area contributed by atoms with Crippen molar-refractivity contribution in [2.45, 2.75) is 83.6 Å². The molecule has 0 amide bonds. The standard InChI is InChI=1S/C16H33NO2.C3H9N/c1-4-5-6-7-8-9-10-11-12-13-14-15(16(18)19)17(2)3;1-4(2)3/h15H,4-14H2,1-3H3,(H,18,19);1-3H3. The van der Waals surface area contributed by atoms with Gasteiger partial charge in [-0.3, -0.25) is 0 Å². The second-order valence-corrected chi connectivity index (χ2v) is 7.27. The summed E-state index contributed by atoms with van der Waals surface area (Å²) in [6.07, 6.45) is 13.5. The number of unbranched alkanes of at least 4 members (excludes halogenated alkanes) is 9. The lowest BCUT2D eigenvalue weighted by atomic mass is 10.0. The third-order valence-corrected chi connectivity index (χ3v) is 3.73. The van der Waals surface area contributed by atoms with Gasteiger partial charge in [-0.15, -0.1) is 0 Å². The monoisotopic (exact) mass is 330 g/mol. The van der Waals surface area contributed by atoms with Crippen LogP contribution in [0.1, 0.15) is 77.6 Å². The van der Waals surface area contributed by atoms with Crippen molar-refractivity contribution in [3.05, 3.63) is 0 Å². The first-order chi connectivity index (χ1) is 10.8. The van der Waals surface area contributed by atoms with E-state index in [4.69, 9.17) is 0 Å². The number of carboxylic acid groups (broad SMARTS) is 1. The molecule has 4 nitrogen and oxygen atoms in total. The zero-order valence-corrected chi connectivity index (χ0v) is 16.6. The minimum absolute atomic E-state index is 0.422. The molecule has 0 saturated heterocycles. The molecule has 0 saturated carbocycles. The van der Waals surface area contributed by atoms with Crippen LogP contribution in [0, 0.1) is 0 Å². The van der Waals surface area contributed by atoms with Crippen LogP contribution in [0.2, 0.25) is 0 Å². The molecule has 0 aromatic rings. The lowest BCUT2D eigenvalue weighted by Crippen LogP contribution is -3.02. The van der Waals surface area contributed by atoms with Crippen molar-refractivity contribution in [1.29, 1.82) is 0 Å². The van der Waals surface area contributed by atoms with Gasteiger partial charge in [0, 0.05) is 6.04 Å². The Hall–Kier alpha value is -0.610. The second-order valence-electron chi connectivity index (χ2n) is 7.27. The topological polar surface area (TPSA) is 47.8 Å². The van der Waals surface area contributed by atoms with Gasteiger partial charge < -0.3 is 19.7 Å². The number of carbonyl (C=O) groups excluding carboxylic acids is 1. The highest BCUT2D eigenvalue weighted by Gasteiger charge is 2.11. The lowest BCUT2D eigenvalue weighted by molar-refractivity contribution is -0.836. The number of nitrogens with one attached hydrogen (secondary N) is 1. The highest BCUT2D eigenvalue weighted by atomic mass is 16.4. The van der Waals surface area contributed by atoms with E-state index in [0.717, 1.165) is 12.8 Å². The molecule has 0 aliphatic heterocycles. The second kappa shape index (κ2) is 17.7. The van der Waals surface area contributed by atoms with Gasteiger partial charge in [0.15, 0.2) is 0 Å². The Bertz CT molecular complexity index is 253. The minimum Gasteiger partial charge on any atom is -0.548 e. The Kier molecular flexibility index (Phi) is 19.0. The number of carboxylic acids is 1. The fraction of sp³-hybridized carbons (Fsp3) is 0.947. The number of carbonyl (C=O) groups is 1. The minimum atomic E-state index is -0.944. The average Bonchev–Trinajstić information content (AvgIpc) is 2.43. The molecule has 0 aliphatic carbocycles. The van der Waals surface area contributed by atoms with Crippen LogP contribution in [0.25, 0.3) is 0 Å². The van der Waals surface area contributed by atoms with Crippen molar-refractivity contribution < 1.29 is 14.8 Å². The molecule has 0 heterocycles. The molecule has 0 fully saturated rings. The summed E-state index contributed by atoms with van der Waals surface area (Å²) < 4.78 is 0. The van der Waals surface area contributed by atoms with Gasteiger partial charge in [0.2, 0.25) is 0 Å². The smallest absolute Gasteiger partial charge is 0.0661 e. The number of rotatable bonds is 13. The van der Waals surface area contributed by atoms with Crippen molar-refractivity contribution in [1.82, 2.24) is 4.90 Å². The molecule has 1 unspecified atom stereocenters. The molecular weight excluding hydrogens is 288 g/mol. The van der Waals surface area contributed by atoms with Crippen molar-refractivity contribution in [2.75, 3.05) is 35.2 Å². The molecule has 0 aromatic heterocycles. The van der Waals surface area contributed by atoms with E-state index in [0.29, 0.717) is 6.42 Å². The zero-order chi connectivity index (χ0) is 18.1. The van der Waals surface area contributed by atoms with E-state index in [-0.39, 0.29) is 0 Å². The number of hydrogen-bond acceptors (Lipinski definition) is 3. The van der Waals surface area contributed by atoms with E-state index in [2.05, 4.69) is 28.1 Å². The molecule has 0 rings (SSSR count). The van der Waals surface area contributed by atoms with Gasteiger partial charge in [0.05, 0.1) is 27.1 Å². The predicted octanol–water partition coefficient (Wildman–Crippen LogP) is 1.74. The summed E-state index contributed by atoms with van der Waals surface area (Å²) in [7, 11) is 9.85. The molecule has 0 radical (unpaired) electrons. The first-order valence-electron chi connectivity index (χ1n) is 9.46. The van der Waals surface area contributed by atoms with Gasteiger partial charge in [0.25, 0.3) is 0 Å². The number of quaternary nitrogens is 1. The van der Waals surface area contributed by atoms with Crippen LogP contribution < -0.4 is 10.0 Å². The van der Waals surface area contributed by atoms with Crippen LogP contribution in [0.15, 0.2) is 0 Å². The van der Waals surface area contributed by atoms with E-state index in [1.807, 2.05) is 0 Å². The van der Waals surface area contributed by atoms with Crippen LogP contribution in [0.5, 0.6) is 0 Å². The summed E-state index contributed by atoms with van der Waals surface area (Å²) in [5.41, 5.74) is 0. The van der Waals surface area contributed by atoms with Crippen molar-refractivity contribution in [3.63, 3.8) is 0 Å². The number of aliphatic carboxylic acids is 1. The Morgan fingerprint density at radius 1 is 0.870 bits per heavy atom. The molecule has 23 heavy (non-hydrogen) atoms. The fourth-order valence-corrected chi connectivity index (χ4v) is 2.41. The summed E-state index contributed by atoms with van der Waals surface area (Å²) in [5.74, 6) is -0.944. The highest BCUT2D eigenvalue weighted by molar-refractivity contribution is 5.70. The van der Waals surface area contributed by atoms with Crippen LogP contribution in [0.3, 0.4) is 0 Å². The quantitative estimate of drug-likeness (QED) is 0.523. The van der Waals surface area contributed by atoms with Crippen LogP contribution in [-0.4, -0.2) is 52.1 Å². The predicted molar refractivity (Wildman–Crippen MR) is 97.7 cm³/mol. The van der Waals surface area contributed by atoms with Crippen molar-refractivity contribution >= 4 is 5.97 Å². The maximum absolute atomic E-state index is 10.9. The molecular formula is C19H42N2O2. The summed E-state index contributed by atoms with van der Waals surface area (Å²) in [6.45, 7) is 2.24. The molecule has 1 atom stereocenters. The summed E-state index contributed by atoms with van der Waals surface area (Å²) in [5, 5.41) is 10.9. The first kappa shape index (κ1) is 24.6. The fourth-order valence-electron chi connectivity index (χ4n) is 2.41. The van der Waals surface area contributed by atoms with E-state index in [1.165, 1.54) is 56.3 Å².